The Kier molecular flexibility index (Phi) is 4.90. The third-order valence-corrected chi connectivity index (χ3v) is 3.47. The molecule has 1 aliphatic rings. The molecule has 1 aliphatic carbocycles. The van der Waals surface area contributed by atoms with Crippen LogP contribution in [0.3, 0.4) is 0 Å². The van der Waals surface area contributed by atoms with Crippen LogP contribution in [0.5, 0.6) is 0 Å². The number of nitrogens with zero attached hydrogens (tertiary/aromatic N) is 1. The molecule has 2 heteroatoms. The minimum atomic E-state index is -0.222. The topological polar surface area (TPSA) is 23.5 Å². The van der Waals surface area contributed by atoms with Gasteiger partial charge >= 0.3 is 0 Å². The minimum Gasteiger partial charge on any atom is -0.378 e. The summed E-state index contributed by atoms with van der Waals surface area (Å²) in [4.78, 5) is 2.32. The van der Waals surface area contributed by atoms with Crippen LogP contribution in [0.2, 0.25) is 0 Å². The molecule has 0 heterocycles. The van der Waals surface area contributed by atoms with E-state index in [2.05, 4.69) is 25.7 Å². The van der Waals surface area contributed by atoms with Crippen LogP contribution in [0, 0.1) is 5.92 Å². The van der Waals surface area contributed by atoms with Crippen molar-refractivity contribution >= 4 is 0 Å². The predicted octanol–water partition coefficient (Wildman–Crippen LogP) is 2.62. The van der Waals surface area contributed by atoms with Crippen LogP contribution >= 0.6 is 0 Å². The van der Waals surface area contributed by atoms with Crippen molar-refractivity contribution in [3.8, 4) is 0 Å². The van der Waals surface area contributed by atoms with Crippen molar-refractivity contribution in [2.24, 2.45) is 5.92 Å². The standard InChI is InChI=1S/C12H25NO/c1-4-9-13(12(14)5-2)11-8-6-7-10(11)3/h10-12,14H,4-9H2,1-3H3. The van der Waals surface area contributed by atoms with E-state index < -0.39 is 0 Å². The summed E-state index contributed by atoms with van der Waals surface area (Å²) in [7, 11) is 0. The fourth-order valence-electron chi connectivity index (χ4n) is 2.65. The summed E-state index contributed by atoms with van der Waals surface area (Å²) in [6.07, 6.45) is 5.71. The molecule has 0 aromatic heterocycles. The SMILES string of the molecule is CCCN(C(O)CC)C1CCCC1C. The Labute approximate surface area is 88.3 Å². The highest BCUT2D eigenvalue weighted by Crippen LogP contribution is 2.30. The molecule has 0 bridgehead atoms. The predicted molar refractivity (Wildman–Crippen MR) is 60.1 cm³/mol. The fourth-order valence-corrected chi connectivity index (χ4v) is 2.65. The second kappa shape index (κ2) is 5.72. The van der Waals surface area contributed by atoms with E-state index in [-0.39, 0.29) is 6.23 Å². The number of hydrogen-bond acceptors (Lipinski definition) is 2. The molecule has 3 unspecified atom stereocenters. The van der Waals surface area contributed by atoms with Gasteiger partial charge in [-0.05, 0) is 31.6 Å². The molecule has 0 aromatic rings. The summed E-state index contributed by atoms with van der Waals surface area (Å²) >= 11 is 0. The monoisotopic (exact) mass is 199 g/mol. The van der Waals surface area contributed by atoms with Crippen LogP contribution in [0.25, 0.3) is 0 Å². The van der Waals surface area contributed by atoms with E-state index in [1.165, 1.54) is 19.3 Å². The van der Waals surface area contributed by atoms with Crippen molar-refractivity contribution < 1.29 is 5.11 Å². The van der Waals surface area contributed by atoms with Gasteiger partial charge in [-0.15, -0.1) is 0 Å². The second-order valence-corrected chi connectivity index (χ2v) is 4.60. The molecule has 1 saturated carbocycles. The van der Waals surface area contributed by atoms with Crippen molar-refractivity contribution in [2.45, 2.75) is 65.1 Å². The lowest BCUT2D eigenvalue weighted by atomic mass is 10.0. The van der Waals surface area contributed by atoms with Gasteiger partial charge in [-0.25, -0.2) is 0 Å². The summed E-state index contributed by atoms with van der Waals surface area (Å²) in [6.45, 7) is 7.62. The van der Waals surface area contributed by atoms with Crippen molar-refractivity contribution in [1.82, 2.24) is 4.90 Å². The maximum Gasteiger partial charge on any atom is 0.107 e. The van der Waals surface area contributed by atoms with Gasteiger partial charge in [0.1, 0.15) is 6.23 Å². The van der Waals surface area contributed by atoms with Crippen molar-refractivity contribution in [3.63, 3.8) is 0 Å². The first-order valence-electron chi connectivity index (χ1n) is 6.14. The molecule has 84 valence electrons. The van der Waals surface area contributed by atoms with E-state index in [4.69, 9.17) is 0 Å². The highest BCUT2D eigenvalue weighted by molar-refractivity contribution is 4.83. The zero-order chi connectivity index (χ0) is 10.6. The van der Waals surface area contributed by atoms with E-state index in [9.17, 15) is 5.11 Å². The first-order chi connectivity index (χ1) is 6.70. The summed E-state index contributed by atoms with van der Waals surface area (Å²) in [5.41, 5.74) is 0. The minimum absolute atomic E-state index is 0.222. The van der Waals surface area contributed by atoms with Gasteiger partial charge in [-0.1, -0.05) is 27.2 Å². The average molecular weight is 199 g/mol. The van der Waals surface area contributed by atoms with E-state index in [0.717, 1.165) is 25.3 Å². The third-order valence-electron chi connectivity index (χ3n) is 3.47. The van der Waals surface area contributed by atoms with Gasteiger partial charge in [0.15, 0.2) is 0 Å². The Balaban J connectivity index is 2.56. The summed E-state index contributed by atoms with van der Waals surface area (Å²) in [6, 6.07) is 0.630. The lowest BCUT2D eigenvalue weighted by molar-refractivity contribution is -0.0353. The van der Waals surface area contributed by atoms with Crippen molar-refractivity contribution in [2.75, 3.05) is 6.54 Å². The Morgan fingerprint density at radius 2 is 2.07 bits per heavy atom. The van der Waals surface area contributed by atoms with E-state index in [1.807, 2.05) is 0 Å². The van der Waals surface area contributed by atoms with E-state index in [0.29, 0.717) is 6.04 Å². The molecular formula is C12H25NO. The van der Waals surface area contributed by atoms with Crippen LogP contribution in [0.15, 0.2) is 0 Å². The highest BCUT2D eigenvalue weighted by Gasteiger charge is 2.31. The maximum atomic E-state index is 9.95. The smallest absolute Gasteiger partial charge is 0.107 e. The van der Waals surface area contributed by atoms with Gasteiger partial charge in [0.05, 0.1) is 0 Å². The van der Waals surface area contributed by atoms with Gasteiger partial charge in [-0.3, -0.25) is 4.90 Å². The molecule has 0 aromatic carbocycles. The summed E-state index contributed by atoms with van der Waals surface area (Å²) in [5.74, 6) is 0.766. The van der Waals surface area contributed by atoms with Crippen LogP contribution in [-0.2, 0) is 0 Å². The maximum absolute atomic E-state index is 9.95. The zero-order valence-electron chi connectivity index (χ0n) is 9.87. The molecule has 3 atom stereocenters. The summed E-state index contributed by atoms with van der Waals surface area (Å²) in [5, 5.41) is 9.95. The lowest BCUT2D eigenvalue weighted by Gasteiger charge is -2.35. The van der Waals surface area contributed by atoms with Gasteiger partial charge in [0.25, 0.3) is 0 Å². The Morgan fingerprint density at radius 3 is 2.50 bits per heavy atom. The number of rotatable bonds is 5. The number of aliphatic hydroxyl groups is 1. The molecule has 14 heavy (non-hydrogen) atoms. The van der Waals surface area contributed by atoms with Crippen molar-refractivity contribution in [1.29, 1.82) is 0 Å². The Bertz CT molecular complexity index is 160. The van der Waals surface area contributed by atoms with E-state index in [1.54, 1.807) is 0 Å². The average Bonchev–Trinajstić information content (AvgIpc) is 2.60. The number of hydrogen-bond donors (Lipinski definition) is 1. The van der Waals surface area contributed by atoms with Gasteiger partial charge in [0, 0.05) is 12.6 Å². The molecule has 0 saturated heterocycles. The number of aliphatic hydroxyl groups excluding tert-OH is 1. The van der Waals surface area contributed by atoms with Crippen LogP contribution in [0.4, 0.5) is 0 Å². The van der Waals surface area contributed by atoms with Gasteiger partial charge < -0.3 is 5.11 Å². The lowest BCUT2D eigenvalue weighted by Crippen LogP contribution is -2.44. The quantitative estimate of drug-likeness (QED) is 0.688. The summed E-state index contributed by atoms with van der Waals surface area (Å²) < 4.78 is 0. The molecule has 2 nitrogen and oxygen atoms in total. The van der Waals surface area contributed by atoms with E-state index >= 15 is 0 Å². The normalized spacial score (nSPS) is 29.8. The molecule has 1 fully saturated rings. The molecule has 0 radical (unpaired) electrons. The first-order valence-corrected chi connectivity index (χ1v) is 6.14. The molecule has 0 aliphatic heterocycles. The largest absolute Gasteiger partial charge is 0.378 e. The van der Waals surface area contributed by atoms with Crippen molar-refractivity contribution in [3.05, 3.63) is 0 Å². The second-order valence-electron chi connectivity index (χ2n) is 4.60. The Hall–Kier alpha value is -0.0800. The molecule has 0 amide bonds. The fraction of sp³-hybridized carbons (Fsp3) is 1.00. The Morgan fingerprint density at radius 1 is 1.36 bits per heavy atom. The van der Waals surface area contributed by atoms with Gasteiger partial charge in [-0.2, -0.15) is 0 Å². The van der Waals surface area contributed by atoms with Crippen LogP contribution in [-0.4, -0.2) is 28.8 Å². The molecule has 1 N–H and O–H groups in total. The highest BCUT2D eigenvalue weighted by atomic mass is 16.3. The molecular weight excluding hydrogens is 174 g/mol. The first kappa shape index (κ1) is 12.0. The van der Waals surface area contributed by atoms with Gasteiger partial charge in [0.2, 0.25) is 0 Å². The van der Waals surface area contributed by atoms with Crippen LogP contribution in [0.1, 0.15) is 52.9 Å². The third kappa shape index (κ3) is 2.71. The molecule has 0 spiro atoms. The zero-order valence-corrected chi connectivity index (χ0v) is 9.87. The van der Waals surface area contributed by atoms with Crippen LogP contribution < -0.4 is 0 Å². The molecule has 1 rings (SSSR count).